The van der Waals surface area contributed by atoms with Gasteiger partial charge in [-0.1, -0.05) is 26.0 Å². The van der Waals surface area contributed by atoms with Crippen LogP contribution in [0.3, 0.4) is 0 Å². The Balaban J connectivity index is 2.23. The van der Waals surface area contributed by atoms with Crippen molar-refractivity contribution in [3.8, 4) is 0 Å². The van der Waals surface area contributed by atoms with Gasteiger partial charge in [0.15, 0.2) is 0 Å². The SMILES string of the molecule is CC[C@@](C)(CC(=O)[O-])Cc1nc2ccccc2s1. The molecule has 0 amide bonds. The zero-order chi connectivity index (χ0) is 13.2. The maximum Gasteiger partial charge on any atom is 0.0944 e. The first-order valence-corrected chi connectivity index (χ1v) is 6.88. The van der Waals surface area contributed by atoms with Crippen molar-refractivity contribution in [2.45, 2.75) is 33.1 Å². The van der Waals surface area contributed by atoms with Crippen LogP contribution < -0.4 is 5.11 Å². The normalized spacial score (nSPS) is 14.6. The average Bonchev–Trinajstić information content (AvgIpc) is 2.69. The minimum Gasteiger partial charge on any atom is -0.550 e. The molecule has 18 heavy (non-hydrogen) atoms. The van der Waals surface area contributed by atoms with Gasteiger partial charge in [0.25, 0.3) is 0 Å². The highest BCUT2D eigenvalue weighted by Gasteiger charge is 2.24. The Morgan fingerprint density at radius 1 is 1.44 bits per heavy atom. The Morgan fingerprint density at radius 2 is 2.17 bits per heavy atom. The first-order valence-electron chi connectivity index (χ1n) is 6.07. The van der Waals surface area contributed by atoms with E-state index >= 15 is 0 Å². The summed E-state index contributed by atoms with van der Waals surface area (Å²) in [5.41, 5.74) is 0.719. The highest BCUT2D eigenvalue weighted by atomic mass is 32.1. The summed E-state index contributed by atoms with van der Waals surface area (Å²) >= 11 is 1.64. The smallest absolute Gasteiger partial charge is 0.0944 e. The van der Waals surface area contributed by atoms with Crippen molar-refractivity contribution in [1.82, 2.24) is 4.98 Å². The fraction of sp³-hybridized carbons (Fsp3) is 0.429. The molecule has 3 nitrogen and oxygen atoms in total. The van der Waals surface area contributed by atoms with Gasteiger partial charge in [0, 0.05) is 12.4 Å². The van der Waals surface area contributed by atoms with E-state index in [0.717, 1.165) is 21.6 Å². The number of carboxylic acid groups (broad SMARTS) is 1. The zero-order valence-electron chi connectivity index (χ0n) is 10.6. The summed E-state index contributed by atoms with van der Waals surface area (Å²) in [6, 6.07) is 7.98. The van der Waals surface area contributed by atoms with Gasteiger partial charge < -0.3 is 9.90 Å². The van der Waals surface area contributed by atoms with Crippen LogP contribution in [0.4, 0.5) is 0 Å². The number of nitrogens with zero attached hydrogens (tertiary/aromatic N) is 1. The number of carboxylic acids is 1. The second kappa shape index (κ2) is 5.06. The summed E-state index contributed by atoms with van der Waals surface area (Å²) in [7, 11) is 0. The van der Waals surface area contributed by atoms with Crippen molar-refractivity contribution in [2.24, 2.45) is 5.41 Å². The summed E-state index contributed by atoms with van der Waals surface area (Å²) in [6.45, 7) is 3.99. The van der Waals surface area contributed by atoms with Crippen LogP contribution in [0.25, 0.3) is 10.2 Å². The van der Waals surface area contributed by atoms with Gasteiger partial charge in [-0.3, -0.25) is 0 Å². The molecule has 1 atom stereocenters. The Bertz CT molecular complexity index is 531. The monoisotopic (exact) mass is 262 g/mol. The number of fused-ring (bicyclic) bond motifs is 1. The Kier molecular flexibility index (Phi) is 3.66. The lowest BCUT2D eigenvalue weighted by Crippen LogP contribution is -2.31. The predicted molar refractivity (Wildman–Crippen MR) is 71.3 cm³/mol. The van der Waals surface area contributed by atoms with E-state index < -0.39 is 5.97 Å². The second-order valence-electron chi connectivity index (χ2n) is 4.97. The van der Waals surface area contributed by atoms with E-state index in [-0.39, 0.29) is 11.8 Å². The third-order valence-corrected chi connectivity index (χ3v) is 4.38. The lowest BCUT2D eigenvalue weighted by atomic mass is 9.81. The number of aliphatic carboxylic acids is 1. The average molecular weight is 262 g/mol. The lowest BCUT2D eigenvalue weighted by molar-refractivity contribution is -0.308. The van der Waals surface area contributed by atoms with E-state index in [9.17, 15) is 9.90 Å². The quantitative estimate of drug-likeness (QED) is 0.831. The molecule has 1 aromatic carbocycles. The summed E-state index contributed by atoms with van der Waals surface area (Å²) in [4.78, 5) is 15.4. The van der Waals surface area contributed by atoms with E-state index in [1.807, 2.05) is 38.1 Å². The molecule has 0 aliphatic rings. The van der Waals surface area contributed by atoms with Crippen LogP contribution in [0.2, 0.25) is 0 Å². The molecular formula is C14H16NO2S-. The fourth-order valence-corrected chi connectivity index (χ4v) is 3.20. The first kappa shape index (κ1) is 13.0. The number of rotatable bonds is 5. The van der Waals surface area contributed by atoms with Crippen LogP contribution in [-0.2, 0) is 11.2 Å². The summed E-state index contributed by atoms with van der Waals surface area (Å²) in [6.07, 6.45) is 1.58. The van der Waals surface area contributed by atoms with Crippen LogP contribution in [0.15, 0.2) is 24.3 Å². The van der Waals surface area contributed by atoms with E-state index in [0.29, 0.717) is 6.42 Å². The minimum atomic E-state index is -0.986. The van der Waals surface area contributed by atoms with Crippen molar-refractivity contribution in [1.29, 1.82) is 0 Å². The van der Waals surface area contributed by atoms with Gasteiger partial charge in [0.2, 0.25) is 0 Å². The number of para-hydroxylation sites is 1. The maximum atomic E-state index is 10.8. The Hall–Kier alpha value is -1.42. The molecule has 1 heterocycles. The Labute approximate surface area is 110 Å². The maximum absolute atomic E-state index is 10.8. The van der Waals surface area contributed by atoms with E-state index in [1.54, 1.807) is 11.3 Å². The molecule has 0 N–H and O–H groups in total. The van der Waals surface area contributed by atoms with Crippen molar-refractivity contribution >= 4 is 27.5 Å². The molecule has 96 valence electrons. The van der Waals surface area contributed by atoms with E-state index in [4.69, 9.17) is 0 Å². The van der Waals surface area contributed by atoms with Crippen molar-refractivity contribution < 1.29 is 9.90 Å². The highest BCUT2D eigenvalue weighted by Crippen LogP contribution is 2.33. The lowest BCUT2D eigenvalue weighted by Gasteiger charge is -2.27. The van der Waals surface area contributed by atoms with Gasteiger partial charge in [-0.05, 0) is 30.4 Å². The van der Waals surface area contributed by atoms with Crippen molar-refractivity contribution in [3.05, 3.63) is 29.3 Å². The van der Waals surface area contributed by atoms with Gasteiger partial charge >= 0.3 is 0 Å². The van der Waals surface area contributed by atoms with Crippen LogP contribution in [0, 0.1) is 5.41 Å². The summed E-state index contributed by atoms with van der Waals surface area (Å²) in [5.74, 6) is -0.986. The molecule has 2 aromatic rings. The molecule has 0 spiro atoms. The molecule has 0 saturated heterocycles. The fourth-order valence-electron chi connectivity index (χ4n) is 2.02. The number of hydrogen-bond acceptors (Lipinski definition) is 4. The van der Waals surface area contributed by atoms with E-state index in [1.165, 1.54) is 0 Å². The number of carbonyl (C=O) groups excluding carboxylic acids is 1. The third kappa shape index (κ3) is 2.88. The molecule has 0 saturated carbocycles. The topological polar surface area (TPSA) is 53.0 Å². The third-order valence-electron chi connectivity index (χ3n) is 3.34. The second-order valence-corrected chi connectivity index (χ2v) is 6.08. The molecule has 0 bridgehead atoms. The molecule has 4 heteroatoms. The van der Waals surface area contributed by atoms with Gasteiger partial charge in [0.05, 0.1) is 15.2 Å². The summed E-state index contributed by atoms with van der Waals surface area (Å²) < 4.78 is 1.15. The molecule has 0 unspecified atom stereocenters. The number of benzene rings is 1. The van der Waals surface area contributed by atoms with Crippen molar-refractivity contribution in [3.63, 3.8) is 0 Å². The first-order chi connectivity index (χ1) is 8.52. The molecular weight excluding hydrogens is 246 g/mol. The molecule has 0 radical (unpaired) electrons. The molecule has 0 fully saturated rings. The van der Waals surface area contributed by atoms with Gasteiger partial charge in [-0.15, -0.1) is 11.3 Å². The number of thiazole rings is 1. The molecule has 0 aliphatic carbocycles. The minimum absolute atomic E-state index is 0.0828. The standard InChI is InChI=1S/C14H17NO2S/c1-3-14(2,9-13(16)17)8-12-15-10-6-4-5-7-11(10)18-12/h4-7H,3,8-9H2,1-2H3,(H,16,17)/p-1/t14-/m1/s1. The number of hydrogen-bond donors (Lipinski definition) is 0. The summed E-state index contributed by atoms with van der Waals surface area (Å²) in [5, 5.41) is 11.8. The highest BCUT2D eigenvalue weighted by molar-refractivity contribution is 7.18. The number of aromatic nitrogens is 1. The Morgan fingerprint density at radius 3 is 2.78 bits per heavy atom. The van der Waals surface area contributed by atoms with Crippen LogP contribution in [0.5, 0.6) is 0 Å². The number of carbonyl (C=O) groups is 1. The van der Waals surface area contributed by atoms with Crippen molar-refractivity contribution in [2.75, 3.05) is 0 Å². The molecule has 1 aromatic heterocycles. The molecule has 2 rings (SSSR count). The van der Waals surface area contributed by atoms with Crippen LogP contribution >= 0.6 is 11.3 Å². The van der Waals surface area contributed by atoms with Crippen LogP contribution in [-0.4, -0.2) is 11.0 Å². The van der Waals surface area contributed by atoms with Gasteiger partial charge in [-0.2, -0.15) is 0 Å². The predicted octanol–water partition coefficient (Wildman–Crippen LogP) is 2.40. The van der Waals surface area contributed by atoms with E-state index in [2.05, 4.69) is 4.98 Å². The largest absolute Gasteiger partial charge is 0.550 e. The zero-order valence-corrected chi connectivity index (χ0v) is 11.4. The van der Waals surface area contributed by atoms with Gasteiger partial charge in [-0.25, -0.2) is 4.98 Å². The van der Waals surface area contributed by atoms with Crippen LogP contribution in [0.1, 0.15) is 31.7 Å². The van der Waals surface area contributed by atoms with Gasteiger partial charge in [0.1, 0.15) is 0 Å². The molecule has 0 aliphatic heterocycles.